The lowest BCUT2D eigenvalue weighted by atomic mass is 10.3. The molecule has 0 N–H and O–H groups in total. The first kappa shape index (κ1) is 11.5. The van der Waals surface area contributed by atoms with Gasteiger partial charge in [0, 0.05) is 13.2 Å². The molecule has 0 saturated carbocycles. The summed E-state index contributed by atoms with van der Waals surface area (Å²) in [5, 5.41) is 0. The lowest BCUT2D eigenvalue weighted by Gasteiger charge is -2.12. The number of rotatable bonds is 3. The summed E-state index contributed by atoms with van der Waals surface area (Å²) in [5.41, 5.74) is 1.99. The molecule has 0 amide bonds. The molecule has 16 heavy (non-hydrogen) atoms. The van der Waals surface area contributed by atoms with Gasteiger partial charge in [-0.3, -0.25) is 0 Å². The smallest absolute Gasteiger partial charge is 0.136 e. The number of aromatic nitrogens is 3. The minimum atomic E-state index is 0.351. The maximum Gasteiger partial charge on any atom is 0.136 e. The van der Waals surface area contributed by atoms with Gasteiger partial charge in [-0.2, -0.15) is 0 Å². The highest BCUT2D eigenvalue weighted by Crippen LogP contribution is 2.23. The predicted molar refractivity (Wildman–Crippen MR) is 66.3 cm³/mol. The topological polar surface area (TPSA) is 39.9 Å². The van der Waals surface area contributed by atoms with Crippen molar-refractivity contribution in [2.24, 2.45) is 0 Å². The summed E-state index contributed by atoms with van der Waals surface area (Å²) in [4.78, 5) is 8.70. The van der Waals surface area contributed by atoms with Crippen LogP contribution in [0.15, 0.2) is 16.9 Å². The van der Waals surface area contributed by atoms with Crippen LogP contribution in [0.2, 0.25) is 0 Å². The van der Waals surface area contributed by atoms with Gasteiger partial charge in [-0.05, 0) is 35.8 Å². The molecule has 5 heteroatoms. The van der Waals surface area contributed by atoms with Gasteiger partial charge in [0.1, 0.15) is 22.6 Å². The summed E-state index contributed by atoms with van der Waals surface area (Å²) in [7, 11) is 1.68. The predicted octanol–water partition coefficient (Wildman–Crippen LogP) is 2.92. The van der Waals surface area contributed by atoms with E-state index in [0.717, 1.165) is 21.5 Å². The van der Waals surface area contributed by atoms with E-state index < -0.39 is 0 Å². The van der Waals surface area contributed by atoms with Gasteiger partial charge in [0.15, 0.2) is 0 Å². The first-order chi connectivity index (χ1) is 7.63. The summed E-state index contributed by atoms with van der Waals surface area (Å²) < 4.78 is 8.16. The number of methoxy groups -OCH3 is 1. The zero-order valence-electron chi connectivity index (χ0n) is 9.57. The monoisotopic (exact) mass is 283 g/mol. The molecule has 0 spiro atoms. The highest BCUT2D eigenvalue weighted by atomic mass is 79.9. The molecule has 86 valence electrons. The summed E-state index contributed by atoms with van der Waals surface area (Å²) in [6.07, 6.45) is 1.78. The van der Waals surface area contributed by atoms with Crippen LogP contribution in [0.4, 0.5) is 0 Å². The van der Waals surface area contributed by atoms with Gasteiger partial charge in [-0.1, -0.05) is 0 Å². The van der Waals surface area contributed by atoms with E-state index >= 15 is 0 Å². The van der Waals surface area contributed by atoms with Crippen molar-refractivity contribution in [3.63, 3.8) is 0 Å². The van der Waals surface area contributed by atoms with Gasteiger partial charge in [0.2, 0.25) is 0 Å². The summed E-state index contributed by atoms with van der Waals surface area (Å²) >= 11 is 3.38. The van der Waals surface area contributed by atoms with Gasteiger partial charge in [-0.25, -0.2) is 9.97 Å². The Hall–Kier alpha value is -0.940. The summed E-state index contributed by atoms with van der Waals surface area (Å²) in [6, 6.07) is 2.34. The molecule has 2 aromatic rings. The van der Waals surface area contributed by atoms with E-state index in [4.69, 9.17) is 4.74 Å². The van der Waals surface area contributed by atoms with Crippen molar-refractivity contribution in [1.29, 1.82) is 0 Å². The van der Waals surface area contributed by atoms with Crippen LogP contribution in [0.1, 0.15) is 25.7 Å². The molecule has 0 unspecified atom stereocenters. The van der Waals surface area contributed by atoms with E-state index in [1.54, 1.807) is 13.3 Å². The Labute approximate surface area is 103 Å². The molecule has 0 aliphatic heterocycles. The largest absolute Gasteiger partial charge is 0.377 e. The molecule has 0 bridgehead atoms. The van der Waals surface area contributed by atoms with Crippen molar-refractivity contribution < 1.29 is 4.74 Å². The average molecular weight is 284 g/mol. The molecular weight excluding hydrogens is 270 g/mol. The fourth-order valence-electron chi connectivity index (χ4n) is 1.83. The van der Waals surface area contributed by atoms with Crippen molar-refractivity contribution in [3.8, 4) is 0 Å². The molecule has 2 heterocycles. The molecule has 0 atom stereocenters. The maximum absolute atomic E-state index is 5.16. The van der Waals surface area contributed by atoms with Crippen molar-refractivity contribution in [2.45, 2.75) is 26.5 Å². The third-order valence-corrected chi connectivity index (χ3v) is 2.84. The Morgan fingerprint density at radius 1 is 1.50 bits per heavy atom. The number of fused-ring (bicyclic) bond motifs is 1. The van der Waals surface area contributed by atoms with E-state index in [9.17, 15) is 0 Å². The van der Waals surface area contributed by atoms with Crippen molar-refractivity contribution in [3.05, 3.63) is 22.7 Å². The van der Waals surface area contributed by atoms with Gasteiger partial charge >= 0.3 is 0 Å². The van der Waals surface area contributed by atoms with Crippen LogP contribution in [-0.4, -0.2) is 21.6 Å². The van der Waals surface area contributed by atoms with Gasteiger partial charge in [-0.15, -0.1) is 0 Å². The Morgan fingerprint density at radius 2 is 2.25 bits per heavy atom. The minimum absolute atomic E-state index is 0.351. The normalized spacial score (nSPS) is 11.6. The number of hydrogen-bond acceptors (Lipinski definition) is 3. The second-order valence-electron chi connectivity index (χ2n) is 3.92. The summed E-state index contributed by atoms with van der Waals surface area (Å²) in [5.74, 6) is 0.937. The van der Waals surface area contributed by atoms with Gasteiger partial charge in [0.25, 0.3) is 0 Å². The number of hydrogen-bond donors (Lipinski definition) is 0. The molecule has 2 aromatic heterocycles. The maximum atomic E-state index is 5.16. The second-order valence-corrected chi connectivity index (χ2v) is 4.73. The van der Waals surface area contributed by atoms with Crippen LogP contribution in [-0.2, 0) is 11.3 Å². The SMILES string of the molecule is COCc1nc2cnc(Br)cc2n1C(C)C. The fraction of sp³-hybridized carbons (Fsp3) is 0.455. The molecule has 0 radical (unpaired) electrons. The molecule has 4 nitrogen and oxygen atoms in total. The molecule has 0 saturated heterocycles. The third kappa shape index (κ3) is 1.97. The van der Waals surface area contributed by atoms with Crippen LogP contribution >= 0.6 is 15.9 Å². The Kier molecular flexibility index (Phi) is 3.25. The van der Waals surface area contributed by atoms with Crippen LogP contribution in [0, 0.1) is 0 Å². The highest BCUT2D eigenvalue weighted by Gasteiger charge is 2.13. The molecule has 0 aliphatic carbocycles. The first-order valence-electron chi connectivity index (χ1n) is 5.14. The number of ether oxygens (including phenoxy) is 1. The Balaban J connectivity index is 2.67. The standard InChI is InChI=1S/C11H14BrN3O/c1-7(2)15-9-4-10(12)13-5-8(9)14-11(15)6-16-3/h4-5,7H,6H2,1-3H3. The zero-order chi connectivity index (χ0) is 11.7. The Morgan fingerprint density at radius 3 is 2.88 bits per heavy atom. The summed E-state index contributed by atoms with van der Waals surface area (Å²) in [6.45, 7) is 4.79. The van der Waals surface area contributed by atoms with Gasteiger partial charge in [0.05, 0.1) is 11.7 Å². The van der Waals surface area contributed by atoms with Crippen molar-refractivity contribution in [1.82, 2.24) is 14.5 Å². The van der Waals surface area contributed by atoms with Crippen LogP contribution < -0.4 is 0 Å². The van der Waals surface area contributed by atoms with Crippen molar-refractivity contribution in [2.75, 3.05) is 7.11 Å². The number of halogens is 1. The fourth-order valence-corrected chi connectivity index (χ4v) is 2.15. The van der Waals surface area contributed by atoms with E-state index in [1.165, 1.54) is 0 Å². The number of pyridine rings is 1. The Bertz CT molecular complexity index is 507. The van der Waals surface area contributed by atoms with E-state index in [2.05, 4.69) is 44.3 Å². The van der Waals surface area contributed by atoms with Crippen molar-refractivity contribution >= 4 is 27.0 Å². The van der Waals surface area contributed by atoms with Crippen LogP contribution in [0.5, 0.6) is 0 Å². The average Bonchev–Trinajstić information content (AvgIpc) is 2.55. The first-order valence-corrected chi connectivity index (χ1v) is 5.94. The number of imidazole rings is 1. The molecular formula is C11H14BrN3O. The zero-order valence-corrected chi connectivity index (χ0v) is 11.2. The third-order valence-electron chi connectivity index (χ3n) is 2.41. The minimum Gasteiger partial charge on any atom is -0.377 e. The lowest BCUT2D eigenvalue weighted by molar-refractivity contribution is 0.173. The second kappa shape index (κ2) is 4.51. The number of nitrogens with zero attached hydrogens (tertiary/aromatic N) is 3. The molecule has 2 rings (SSSR count). The molecule has 0 aromatic carbocycles. The lowest BCUT2D eigenvalue weighted by Crippen LogP contribution is -2.07. The van der Waals surface area contributed by atoms with E-state index in [1.807, 2.05) is 6.07 Å². The van der Waals surface area contributed by atoms with Gasteiger partial charge < -0.3 is 9.30 Å². The van der Waals surface area contributed by atoms with Crippen LogP contribution in [0.25, 0.3) is 11.0 Å². The van der Waals surface area contributed by atoms with Crippen LogP contribution in [0.3, 0.4) is 0 Å². The highest BCUT2D eigenvalue weighted by molar-refractivity contribution is 9.10. The van der Waals surface area contributed by atoms with E-state index in [-0.39, 0.29) is 0 Å². The molecule has 0 aliphatic rings. The molecule has 0 fully saturated rings. The van der Waals surface area contributed by atoms with E-state index in [0.29, 0.717) is 12.6 Å². The quantitative estimate of drug-likeness (QED) is 0.814.